The van der Waals surface area contributed by atoms with Crippen LogP contribution in [0.15, 0.2) is 77.7 Å². The molecule has 2 heterocycles. The number of thioether (sulfide) groups is 1. The number of nitrogens with zero attached hydrogens (tertiary/aromatic N) is 3. The van der Waals surface area contributed by atoms with Gasteiger partial charge in [-0.3, -0.25) is 24.6 Å². The Balaban J connectivity index is 1.48. The average Bonchev–Trinajstić information content (AvgIpc) is 3.29. The molecular weight excluding hydrogens is 498 g/mol. The Morgan fingerprint density at radius 2 is 1.58 bits per heavy atom. The number of hydrogen-bond acceptors (Lipinski definition) is 5. The van der Waals surface area contributed by atoms with E-state index in [2.05, 4.69) is 4.57 Å². The molecule has 0 unspecified atom stereocenters. The maximum Gasteiger partial charge on any atom is 0.293 e. The molecular formula is C27H20ClN3O4S. The van der Waals surface area contributed by atoms with Crippen LogP contribution >= 0.6 is 23.4 Å². The van der Waals surface area contributed by atoms with Crippen molar-refractivity contribution in [3.63, 3.8) is 0 Å². The molecule has 180 valence electrons. The van der Waals surface area contributed by atoms with E-state index in [9.17, 15) is 19.7 Å². The number of fused-ring (bicyclic) bond motifs is 1. The van der Waals surface area contributed by atoms with Gasteiger partial charge in [0, 0.05) is 45.9 Å². The van der Waals surface area contributed by atoms with Gasteiger partial charge in [-0.25, -0.2) is 0 Å². The van der Waals surface area contributed by atoms with Crippen molar-refractivity contribution < 1.29 is 14.5 Å². The number of para-hydroxylation sites is 1. The SMILES string of the molecule is Cc1c(/C=C2/SC(=O)N(Cc3ccc(Cl)cc3)C2=O)c2ccccc2n1Cc1ccc([N+](=O)[O-])cc1. The molecule has 9 heteroatoms. The van der Waals surface area contributed by atoms with Crippen LogP contribution in [0.1, 0.15) is 22.4 Å². The van der Waals surface area contributed by atoms with Crippen molar-refractivity contribution in [1.29, 1.82) is 0 Å². The molecule has 1 aromatic heterocycles. The van der Waals surface area contributed by atoms with Crippen LogP contribution in [-0.4, -0.2) is 25.5 Å². The second-order valence-corrected chi connectivity index (χ2v) is 9.85. The summed E-state index contributed by atoms with van der Waals surface area (Å²) in [6, 6.07) is 21.4. The highest BCUT2D eigenvalue weighted by molar-refractivity contribution is 8.18. The Labute approximate surface area is 216 Å². The molecule has 0 N–H and O–H groups in total. The molecule has 36 heavy (non-hydrogen) atoms. The molecule has 0 radical (unpaired) electrons. The summed E-state index contributed by atoms with van der Waals surface area (Å²) in [5.41, 5.74) is 4.55. The molecule has 3 aromatic carbocycles. The number of carbonyl (C=O) groups excluding carboxylic acids is 2. The third-order valence-electron chi connectivity index (χ3n) is 6.17. The molecule has 0 bridgehead atoms. The largest absolute Gasteiger partial charge is 0.340 e. The summed E-state index contributed by atoms with van der Waals surface area (Å²) in [5, 5.41) is 12.2. The van der Waals surface area contributed by atoms with Gasteiger partial charge < -0.3 is 4.57 Å². The van der Waals surface area contributed by atoms with Crippen LogP contribution in [0.5, 0.6) is 0 Å². The van der Waals surface area contributed by atoms with E-state index in [-0.39, 0.29) is 23.4 Å². The standard InChI is InChI=1S/C27H20ClN3O4S/c1-17-23(14-25-26(32)30(27(33)36-25)16-18-6-10-20(28)11-7-18)22-4-2-3-5-24(22)29(17)15-19-8-12-21(13-9-19)31(34)35/h2-14H,15-16H2,1H3/b25-14+. The topological polar surface area (TPSA) is 85.5 Å². The van der Waals surface area contributed by atoms with Gasteiger partial charge in [0.1, 0.15) is 0 Å². The van der Waals surface area contributed by atoms with Gasteiger partial charge in [-0.2, -0.15) is 0 Å². The normalized spacial score (nSPS) is 14.8. The quantitative estimate of drug-likeness (QED) is 0.159. The summed E-state index contributed by atoms with van der Waals surface area (Å²) in [7, 11) is 0. The summed E-state index contributed by atoms with van der Waals surface area (Å²) in [4.78, 5) is 38.0. The van der Waals surface area contributed by atoms with E-state index in [0.29, 0.717) is 16.5 Å². The fraction of sp³-hybridized carbons (Fsp3) is 0.111. The lowest BCUT2D eigenvalue weighted by Gasteiger charge is -2.12. The van der Waals surface area contributed by atoms with Crippen molar-refractivity contribution in [3.8, 4) is 0 Å². The van der Waals surface area contributed by atoms with Crippen molar-refractivity contribution in [2.75, 3.05) is 0 Å². The minimum Gasteiger partial charge on any atom is -0.340 e. The first-order valence-corrected chi connectivity index (χ1v) is 12.3. The average molecular weight is 518 g/mol. The molecule has 1 saturated heterocycles. The second-order valence-electron chi connectivity index (χ2n) is 8.42. The van der Waals surface area contributed by atoms with E-state index in [0.717, 1.165) is 45.0 Å². The predicted molar refractivity (Wildman–Crippen MR) is 142 cm³/mol. The number of imide groups is 1. The molecule has 0 atom stereocenters. The fourth-order valence-electron chi connectivity index (χ4n) is 4.29. The Morgan fingerprint density at radius 3 is 2.28 bits per heavy atom. The number of rotatable bonds is 6. The van der Waals surface area contributed by atoms with Gasteiger partial charge in [-0.05, 0) is 54.1 Å². The molecule has 5 rings (SSSR count). The van der Waals surface area contributed by atoms with Gasteiger partial charge in [0.2, 0.25) is 0 Å². The zero-order chi connectivity index (χ0) is 25.4. The smallest absolute Gasteiger partial charge is 0.293 e. The van der Waals surface area contributed by atoms with Crippen molar-refractivity contribution in [3.05, 3.63) is 115 Å². The summed E-state index contributed by atoms with van der Waals surface area (Å²) in [6.07, 6.45) is 1.79. The number of hydrogen-bond donors (Lipinski definition) is 0. The van der Waals surface area contributed by atoms with Gasteiger partial charge in [0.25, 0.3) is 16.8 Å². The second kappa shape index (κ2) is 9.64. The van der Waals surface area contributed by atoms with Crippen LogP contribution in [0.3, 0.4) is 0 Å². The molecule has 1 aliphatic rings. The van der Waals surface area contributed by atoms with E-state index in [4.69, 9.17) is 11.6 Å². The molecule has 1 aliphatic heterocycles. The number of nitro groups is 1. The molecule has 4 aromatic rings. The summed E-state index contributed by atoms with van der Waals surface area (Å²) < 4.78 is 2.11. The van der Waals surface area contributed by atoms with Crippen LogP contribution in [-0.2, 0) is 17.9 Å². The van der Waals surface area contributed by atoms with E-state index >= 15 is 0 Å². The van der Waals surface area contributed by atoms with E-state index in [1.54, 1.807) is 42.5 Å². The third-order valence-corrected chi connectivity index (χ3v) is 7.33. The van der Waals surface area contributed by atoms with Crippen LogP contribution in [0.4, 0.5) is 10.5 Å². The summed E-state index contributed by atoms with van der Waals surface area (Å²) >= 11 is 6.88. The lowest BCUT2D eigenvalue weighted by Crippen LogP contribution is -2.27. The van der Waals surface area contributed by atoms with Gasteiger partial charge in [0.05, 0.1) is 16.4 Å². The van der Waals surface area contributed by atoms with Crippen LogP contribution in [0.2, 0.25) is 5.02 Å². The van der Waals surface area contributed by atoms with Gasteiger partial charge in [-0.15, -0.1) is 0 Å². The lowest BCUT2D eigenvalue weighted by molar-refractivity contribution is -0.384. The lowest BCUT2D eigenvalue weighted by atomic mass is 10.1. The third kappa shape index (κ3) is 4.53. The van der Waals surface area contributed by atoms with Crippen LogP contribution < -0.4 is 0 Å². The minimum absolute atomic E-state index is 0.0443. The number of amides is 2. The van der Waals surface area contributed by atoms with E-state index in [1.165, 1.54) is 17.0 Å². The monoisotopic (exact) mass is 517 g/mol. The van der Waals surface area contributed by atoms with Crippen LogP contribution in [0.25, 0.3) is 17.0 Å². The number of non-ortho nitro benzene ring substituents is 1. The Bertz CT molecular complexity index is 1540. The van der Waals surface area contributed by atoms with E-state index < -0.39 is 4.92 Å². The molecule has 2 amide bonds. The molecule has 7 nitrogen and oxygen atoms in total. The summed E-state index contributed by atoms with van der Waals surface area (Å²) in [6.45, 7) is 2.66. The number of aromatic nitrogens is 1. The maximum atomic E-state index is 13.2. The van der Waals surface area contributed by atoms with Crippen LogP contribution in [0, 0.1) is 17.0 Å². The molecule has 0 spiro atoms. The van der Waals surface area contributed by atoms with Gasteiger partial charge >= 0.3 is 0 Å². The highest BCUT2D eigenvalue weighted by Gasteiger charge is 2.35. The maximum absolute atomic E-state index is 13.2. The molecule has 0 saturated carbocycles. The van der Waals surface area contributed by atoms with Crippen molar-refractivity contribution in [2.45, 2.75) is 20.0 Å². The number of benzene rings is 3. The molecule has 0 aliphatic carbocycles. The Hall–Kier alpha value is -3.88. The predicted octanol–water partition coefficient (Wildman–Crippen LogP) is 6.80. The number of halogens is 1. The first-order valence-electron chi connectivity index (χ1n) is 11.1. The number of carbonyl (C=O) groups is 2. The Kier molecular flexibility index (Phi) is 6.38. The van der Waals surface area contributed by atoms with Crippen molar-refractivity contribution in [1.82, 2.24) is 9.47 Å². The Morgan fingerprint density at radius 1 is 0.944 bits per heavy atom. The van der Waals surface area contributed by atoms with Crippen molar-refractivity contribution >= 4 is 57.2 Å². The van der Waals surface area contributed by atoms with E-state index in [1.807, 2.05) is 31.2 Å². The number of nitro benzene ring substituents is 1. The first-order chi connectivity index (χ1) is 17.3. The first kappa shape index (κ1) is 23.8. The highest BCUT2D eigenvalue weighted by atomic mass is 35.5. The molecule has 1 fully saturated rings. The van der Waals surface area contributed by atoms with Gasteiger partial charge in [0.15, 0.2) is 0 Å². The highest BCUT2D eigenvalue weighted by Crippen LogP contribution is 2.36. The zero-order valence-electron chi connectivity index (χ0n) is 19.2. The fourth-order valence-corrected chi connectivity index (χ4v) is 5.24. The summed E-state index contributed by atoms with van der Waals surface area (Å²) in [5.74, 6) is -0.327. The minimum atomic E-state index is -0.418. The zero-order valence-corrected chi connectivity index (χ0v) is 20.8. The van der Waals surface area contributed by atoms with Crippen molar-refractivity contribution in [2.24, 2.45) is 0 Å². The van der Waals surface area contributed by atoms with Gasteiger partial charge in [-0.1, -0.05) is 54.1 Å².